The lowest BCUT2D eigenvalue weighted by atomic mass is 10.2. The first-order valence-corrected chi connectivity index (χ1v) is 10.5. The van der Waals surface area contributed by atoms with Gasteiger partial charge in [0.25, 0.3) is 15.9 Å². The minimum atomic E-state index is -3.71. The number of sulfonamides is 1. The Kier molecular flexibility index (Phi) is 5.90. The summed E-state index contributed by atoms with van der Waals surface area (Å²) in [4.78, 5) is 28.7. The molecule has 0 radical (unpaired) electrons. The molecule has 1 aliphatic rings. The van der Waals surface area contributed by atoms with Gasteiger partial charge in [-0.2, -0.15) is 0 Å². The number of carbonyl (C=O) groups is 2. The van der Waals surface area contributed by atoms with Crippen LogP contribution < -0.4 is 10.0 Å². The molecule has 29 heavy (non-hydrogen) atoms. The highest BCUT2D eigenvalue weighted by Crippen LogP contribution is 2.22. The van der Waals surface area contributed by atoms with Crippen LogP contribution in [0.4, 0.5) is 5.69 Å². The van der Waals surface area contributed by atoms with E-state index in [1.165, 1.54) is 19.9 Å². The van der Waals surface area contributed by atoms with E-state index in [2.05, 4.69) is 15.0 Å². The zero-order chi connectivity index (χ0) is 21.2. The highest BCUT2D eigenvalue weighted by molar-refractivity contribution is 7.90. The lowest BCUT2D eigenvalue weighted by Gasteiger charge is -2.15. The summed E-state index contributed by atoms with van der Waals surface area (Å²) in [6.45, 7) is 2.88. The molecule has 0 saturated heterocycles. The lowest BCUT2D eigenvalue weighted by Crippen LogP contribution is -2.33. The number of amides is 1. The second-order valence-corrected chi connectivity index (χ2v) is 8.42. The van der Waals surface area contributed by atoms with Gasteiger partial charge in [-0.3, -0.25) is 14.5 Å². The van der Waals surface area contributed by atoms with Crippen molar-refractivity contribution in [2.45, 2.75) is 30.9 Å². The second kappa shape index (κ2) is 8.22. The molecule has 10 heteroatoms. The fraction of sp³-hybridized carbons (Fsp3) is 0.211. The molecule has 0 bridgehead atoms. The molecule has 3 rings (SSSR count). The molecule has 1 heterocycles. The molecule has 2 aromatic rings. The second-order valence-electron chi connectivity index (χ2n) is 6.33. The molecule has 0 unspecified atom stereocenters. The molecule has 2 atom stereocenters. The van der Waals surface area contributed by atoms with Crippen LogP contribution in [-0.2, 0) is 24.3 Å². The van der Waals surface area contributed by atoms with Gasteiger partial charge in [-0.15, -0.1) is 0 Å². The first-order valence-electron chi connectivity index (χ1n) is 8.64. The van der Waals surface area contributed by atoms with Crippen LogP contribution >= 0.6 is 11.6 Å². The molecule has 1 aliphatic heterocycles. The van der Waals surface area contributed by atoms with Gasteiger partial charge < -0.3 is 10.1 Å². The van der Waals surface area contributed by atoms with Gasteiger partial charge in [0, 0.05) is 16.3 Å². The van der Waals surface area contributed by atoms with Crippen LogP contribution in [0.25, 0.3) is 0 Å². The zero-order valence-electron chi connectivity index (χ0n) is 15.5. The Balaban J connectivity index is 1.65. The number of aliphatic imine (C=N–C) groups is 1. The molecule has 0 spiro atoms. The van der Waals surface area contributed by atoms with Crippen LogP contribution in [-0.4, -0.2) is 38.3 Å². The average Bonchev–Trinajstić information content (AvgIpc) is 2.94. The summed E-state index contributed by atoms with van der Waals surface area (Å²) in [7, 11) is -3.71. The Hall–Kier alpha value is -2.91. The third-order valence-electron chi connectivity index (χ3n) is 4.10. The third-order valence-corrected chi connectivity index (χ3v) is 5.75. The predicted molar refractivity (Wildman–Crippen MR) is 108 cm³/mol. The Morgan fingerprint density at radius 1 is 1.10 bits per heavy atom. The van der Waals surface area contributed by atoms with Crippen molar-refractivity contribution in [2.75, 3.05) is 5.32 Å². The van der Waals surface area contributed by atoms with E-state index in [1.807, 2.05) is 0 Å². The summed E-state index contributed by atoms with van der Waals surface area (Å²) < 4.78 is 31.7. The van der Waals surface area contributed by atoms with E-state index in [1.54, 1.807) is 42.5 Å². The number of fused-ring (bicyclic) bond motifs is 1. The summed E-state index contributed by atoms with van der Waals surface area (Å²) in [5.41, 5.74) is 0.883. The molecule has 152 valence electrons. The number of hydrogen-bond donors (Lipinski definition) is 2. The van der Waals surface area contributed by atoms with Crippen LogP contribution in [0.5, 0.6) is 0 Å². The number of hydrogen-bond acceptors (Lipinski definition) is 6. The third kappa shape index (κ3) is 4.75. The highest BCUT2D eigenvalue weighted by Gasteiger charge is 2.31. The van der Waals surface area contributed by atoms with Crippen molar-refractivity contribution >= 4 is 45.0 Å². The lowest BCUT2D eigenvalue weighted by molar-refractivity contribution is -0.153. The van der Waals surface area contributed by atoms with Gasteiger partial charge >= 0.3 is 5.97 Å². The number of rotatable bonds is 5. The standard InChI is InChI=1S/C19H18ClN3O5S/c1-11(21-17-15-5-3-4-6-16(15)29(26,27)23-17)19(25)28-12(2)18(24)22-14-9-7-13(20)8-10-14/h3-12H,1-2H3,(H,21,23)(H,22,24)/t11-,12-/m0/s1. The van der Waals surface area contributed by atoms with Crippen LogP contribution in [0.2, 0.25) is 5.02 Å². The van der Waals surface area contributed by atoms with Gasteiger partial charge in [-0.05, 0) is 50.2 Å². The number of anilines is 1. The number of nitrogens with one attached hydrogen (secondary N) is 2. The van der Waals surface area contributed by atoms with Crippen LogP contribution in [0.1, 0.15) is 19.4 Å². The predicted octanol–water partition coefficient (Wildman–Crippen LogP) is 2.34. The minimum Gasteiger partial charge on any atom is -0.451 e. The van der Waals surface area contributed by atoms with Crippen molar-refractivity contribution in [3.05, 3.63) is 59.1 Å². The van der Waals surface area contributed by atoms with Gasteiger partial charge in [0.2, 0.25) is 0 Å². The van der Waals surface area contributed by atoms with E-state index < -0.39 is 34.0 Å². The summed E-state index contributed by atoms with van der Waals surface area (Å²) in [5.74, 6) is -1.23. The average molecular weight is 436 g/mol. The van der Waals surface area contributed by atoms with Crippen molar-refractivity contribution in [1.82, 2.24) is 4.72 Å². The minimum absolute atomic E-state index is 0.0586. The Labute approximate surface area is 173 Å². The molecular weight excluding hydrogens is 418 g/mol. The Bertz CT molecular complexity index is 1080. The molecule has 0 aromatic heterocycles. The number of amidine groups is 1. The number of nitrogens with zero attached hydrogens (tertiary/aromatic N) is 1. The number of ether oxygens (including phenoxy) is 1. The summed E-state index contributed by atoms with van der Waals surface area (Å²) >= 11 is 5.80. The number of carbonyl (C=O) groups excluding carboxylic acids is 2. The summed E-state index contributed by atoms with van der Waals surface area (Å²) in [6, 6.07) is 11.8. The van der Waals surface area contributed by atoms with Gasteiger partial charge in [-0.1, -0.05) is 23.7 Å². The molecule has 2 N–H and O–H groups in total. The molecule has 8 nitrogen and oxygen atoms in total. The zero-order valence-corrected chi connectivity index (χ0v) is 17.1. The molecule has 0 saturated carbocycles. The normalized spacial score (nSPS) is 17.7. The van der Waals surface area contributed by atoms with Crippen LogP contribution in [0.15, 0.2) is 58.4 Å². The Morgan fingerprint density at radius 3 is 2.45 bits per heavy atom. The van der Waals surface area contributed by atoms with E-state index in [-0.39, 0.29) is 10.7 Å². The molecule has 2 aromatic carbocycles. The Morgan fingerprint density at radius 2 is 1.76 bits per heavy atom. The summed E-state index contributed by atoms with van der Waals surface area (Å²) in [5, 5.41) is 3.14. The largest absolute Gasteiger partial charge is 0.451 e. The van der Waals surface area contributed by atoms with Crippen molar-refractivity contribution in [3.8, 4) is 0 Å². The highest BCUT2D eigenvalue weighted by atomic mass is 35.5. The molecule has 0 fully saturated rings. The van der Waals surface area contributed by atoms with E-state index in [9.17, 15) is 18.0 Å². The van der Waals surface area contributed by atoms with Gasteiger partial charge in [0.1, 0.15) is 11.9 Å². The van der Waals surface area contributed by atoms with E-state index >= 15 is 0 Å². The maximum absolute atomic E-state index is 12.3. The first-order chi connectivity index (χ1) is 13.7. The number of benzene rings is 2. The van der Waals surface area contributed by atoms with E-state index in [0.29, 0.717) is 16.3 Å². The van der Waals surface area contributed by atoms with Gasteiger partial charge in [0.05, 0.1) is 4.90 Å². The maximum Gasteiger partial charge on any atom is 0.331 e. The first kappa shape index (κ1) is 20.8. The topological polar surface area (TPSA) is 114 Å². The monoisotopic (exact) mass is 435 g/mol. The van der Waals surface area contributed by atoms with Gasteiger partial charge in [0.15, 0.2) is 6.10 Å². The van der Waals surface area contributed by atoms with Crippen molar-refractivity contribution in [2.24, 2.45) is 4.99 Å². The molecule has 1 amide bonds. The van der Waals surface area contributed by atoms with Crippen molar-refractivity contribution in [1.29, 1.82) is 0 Å². The quantitative estimate of drug-likeness (QED) is 0.699. The van der Waals surface area contributed by atoms with E-state index in [4.69, 9.17) is 16.3 Å². The van der Waals surface area contributed by atoms with Crippen molar-refractivity contribution < 1.29 is 22.7 Å². The SMILES string of the molecule is C[C@H](N=C1NS(=O)(=O)c2ccccc21)C(=O)O[C@@H](C)C(=O)Nc1ccc(Cl)cc1. The number of halogens is 1. The smallest absolute Gasteiger partial charge is 0.331 e. The molecular formula is C19H18ClN3O5S. The van der Waals surface area contributed by atoms with Gasteiger partial charge in [-0.25, -0.2) is 13.2 Å². The van der Waals surface area contributed by atoms with Crippen LogP contribution in [0, 0.1) is 0 Å². The van der Waals surface area contributed by atoms with Crippen molar-refractivity contribution in [3.63, 3.8) is 0 Å². The fourth-order valence-corrected chi connectivity index (χ4v) is 3.94. The maximum atomic E-state index is 12.3. The molecule has 0 aliphatic carbocycles. The van der Waals surface area contributed by atoms with E-state index in [0.717, 1.165) is 0 Å². The number of esters is 1. The fourth-order valence-electron chi connectivity index (χ4n) is 2.58. The van der Waals surface area contributed by atoms with Crippen LogP contribution in [0.3, 0.4) is 0 Å². The summed E-state index contributed by atoms with van der Waals surface area (Å²) in [6.07, 6.45) is -1.08.